The molecule has 0 radical (unpaired) electrons. The van der Waals surface area contributed by atoms with Gasteiger partial charge in [-0.15, -0.1) is 0 Å². The number of hydrogen-bond donors (Lipinski definition) is 1. The van der Waals surface area contributed by atoms with Crippen LogP contribution >= 0.6 is 0 Å². The summed E-state index contributed by atoms with van der Waals surface area (Å²) >= 11 is 0. The summed E-state index contributed by atoms with van der Waals surface area (Å²) in [5.41, 5.74) is 1.17. The molecule has 0 spiro atoms. The smallest absolute Gasteiger partial charge is 0.271 e. The highest BCUT2D eigenvalue weighted by Crippen LogP contribution is 2.36. The van der Waals surface area contributed by atoms with Gasteiger partial charge in [0.05, 0.1) is 25.6 Å². The molecule has 2 aromatic heterocycles. The molecule has 3 aromatic rings. The maximum atomic E-state index is 14.1. The predicted octanol–water partition coefficient (Wildman–Crippen LogP) is 5.11. The Morgan fingerprint density at radius 3 is 2.69 bits per heavy atom. The number of hydrogen-bond acceptors (Lipinski definition) is 4. The maximum Gasteiger partial charge on any atom is 0.271 e. The van der Waals surface area contributed by atoms with Crippen molar-refractivity contribution in [1.82, 2.24) is 14.8 Å². The number of carbonyl (C=O) groups excluding carboxylic acids is 2. The van der Waals surface area contributed by atoms with Gasteiger partial charge in [-0.05, 0) is 67.1 Å². The van der Waals surface area contributed by atoms with Crippen LogP contribution in [0.4, 0.5) is 0 Å². The van der Waals surface area contributed by atoms with Crippen molar-refractivity contribution in [3.05, 3.63) is 66.1 Å². The van der Waals surface area contributed by atoms with Crippen LogP contribution in [0, 0.1) is 11.8 Å². The highest BCUT2D eigenvalue weighted by Gasteiger charge is 2.48. The molecule has 1 N–H and O–H groups in total. The van der Waals surface area contributed by atoms with Crippen LogP contribution < -0.4 is 10.1 Å². The summed E-state index contributed by atoms with van der Waals surface area (Å²) in [4.78, 5) is 29.7. The SMILES string of the molecule is COc1cccc(CN2C(=O)c3ccc(-c4ccco4)n3C[C@]2(C)C(=O)N[C@@H]2CCC[C@@H](C)[C@@H]2C)c1. The number of furan rings is 1. The van der Waals surface area contributed by atoms with E-state index in [0.29, 0.717) is 36.4 Å². The highest BCUT2D eigenvalue weighted by molar-refractivity contribution is 6.00. The van der Waals surface area contributed by atoms with Gasteiger partial charge in [0, 0.05) is 12.6 Å². The van der Waals surface area contributed by atoms with Gasteiger partial charge in [0.1, 0.15) is 22.7 Å². The fourth-order valence-electron chi connectivity index (χ4n) is 5.72. The molecule has 1 aliphatic carbocycles. The van der Waals surface area contributed by atoms with Crippen molar-refractivity contribution < 1.29 is 18.7 Å². The molecule has 2 amide bonds. The molecule has 36 heavy (non-hydrogen) atoms. The number of amides is 2. The van der Waals surface area contributed by atoms with E-state index in [9.17, 15) is 9.59 Å². The summed E-state index contributed by atoms with van der Waals surface area (Å²) < 4.78 is 13.0. The Hall–Kier alpha value is -3.48. The summed E-state index contributed by atoms with van der Waals surface area (Å²) in [7, 11) is 1.62. The summed E-state index contributed by atoms with van der Waals surface area (Å²) in [5, 5.41) is 3.35. The molecule has 1 aliphatic heterocycles. The minimum absolute atomic E-state index is 0.0995. The molecule has 5 rings (SSSR count). The Bertz CT molecular complexity index is 1250. The number of ether oxygens (including phenoxy) is 1. The van der Waals surface area contributed by atoms with E-state index in [-0.39, 0.29) is 17.9 Å². The number of nitrogens with zero attached hydrogens (tertiary/aromatic N) is 2. The Morgan fingerprint density at radius 1 is 1.14 bits per heavy atom. The molecular weight excluding hydrogens is 454 g/mol. The van der Waals surface area contributed by atoms with Crippen molar-refractivity contribution in [2.45, 2.75) is 64.7 Å². The van der Waals surface area contributed by atoms with Crippen LogP contribution in [-0.4, -0.2) is 40.0 Å². The largest absolute Gasteiger partial charge is 0.497 e. The second-order valence-electron chi connectivity index (χ2n) is 10.5. The van der Waals surface area contributed by atoms with Gasteiger partial charge in [-0.2, -0.15) is 0 Å². The Balaban J connectivity index is 1.53. The standard InChI is InChI=1S/C29H35N3O4/c1-19-8-5-11-23(20(19)2)30-28(34)29(3)18-31-24(26-12-7-15-36-26)13-14-25(31)27(33)32(29)17-21-9-6-10-22(16-21)35-4/h6-7,9-10,12-16,19-20,23H,5,8,11,17-18H2,1-4H3,(H,30,34)/t19-,20+,23-,29-/m1/s1. The van der Waals surface area contributed by atoms with E-state index in [1.807, 2.05) is 60.0 Å². The zero-order valence-electron chi connectivity index (χ0n) is 21.5. The first-order chi connectivity index (χ1) is 17.3. The lowest BCUT2D eigenvalue weighted by Gasteiger charge is -2.46. The minimum atomic E-state index is -1.09. The van der Waals surface area contributed by atoms with E-state index in [4.69, 9.17) is 9.15 Å². The van der Waals surface area contributed by atoms with Crippen LogP contribution in [0.25, 0.3) is 11.5 Å². The van der Waals surface area contributed by atoms with E-state index in [1.54, 1.807) is 18.3 Å². The van der Waals surface area contributed by atoms with Gasteiger partial charge in [-0.3, -0.25) is 9.59 Å². The average molecular weight is 490 g/mol. The van der Waals surface area contributed by atoms with Crippen molar-refractivity contribution in [1.29, 1.82) is 0 Å². The predicted molar refractivity (Wildman–Crippen MR) is 138 cm³/mol. The number of methoxy groups -OCH3 is 1. The topological polar surface area (TPSA) is 76.7 Å². The van der Waals surface area contributed by atoms with Crippen LogP contribution in [-0.2, 0) is 17.9 Å². The van der Waals surface area contributed by atoms with E-state index in [1.165, 1.54) is 6.42 Å². The van der Waals surface area contributed by atoms with Crippen LogP contribution in [0.5, 0.6) is 5.75 Å². The molecule has 4 atom stereocenters. The van der Waals surface area contributed by atoms with Crippen molar-refractivity contribution in [2.75, 3.05) is 7.11 Å². The molecule has 190 valence electrons. The highest BCUT2D eigenvalue weighted by atomic mass is 16.5. The van der Waals surface area contributed by atoms with E-state index in [2.05, 4.69) is 19.2 Å². The molecule has 0 unspecified atom stereocenters. The number of carbonyl (C=O) groups is 2. The third-order valence-corrected chi connectivity index (χ3v) is 8.27. The van der Waals surface area contributed by atoms with Crippen molar-refractivity contribution in [2.24, 2.45) is 11.8 Å². The first-order valence-electron chi connectivity index (χ1n) is 12.8. The number of aromatic nitrogens is 1. The molecule has 3 heterocycles. The zero-order chi connectivity index (χ0) is 25.4. The Morgan fingerprint density at radius 2 is 1.94 bits per heavy atom. The molecule has 2 aliphatic rings. The van der Waals surface area contributed by atoms with E-state index < -0.39 is 5.54 Å². The molecule has 1 saturated carbocycles. The third kappa shape index (κ3) is 4.21. The lowest BCUT2D eigenvalue weighted by molar-refractivity contribution is -0.134. The zero-order valence-corrected chi connectivity index (χ0v) is 21.5. The quantitative estimate of drug-likeness (QED) is 0.522. The van der Waals surface area contributed by atoms with Crippen LogP contribution in [0.2, 0.25) is 0 Å². The summed E-state index contributed by atoms with van der Waals surface area (Å²) in [5.74, 6) is 2.04. The third-order valence-electron chi connectivity index (χ3n) is 8.27. The number of rotatable bonds is 6. The second kappa shape index (κ2) is 9.52. The summed E-state index contributed by atoms with van der Waals surface area (Å²) in [6, 6.07) is 15.2. The molecule has 0 bridgehead atoms. The Kier molecular flexibility index (Phi) is 6.41. The lowest BCUT2D eigenvalue weighted by atomic mass is 9.77. The molecule has 7 heteroatoms. The van der Waals surface area contributed by atoms with Gasteiger partial charge in [0.15, 0.2) is 0 Å². The summed E-state index contributed by atoms with van der Waals surface area (Å²) in [6.45, 7) is 7.00. The van der Waals surface area contributed by atoms with Crippen LogP contribution in [0.3, 0.4) is 0 Å². The second-order valence-corrected chi connectivity index (χ2v) is 10.5. The average Bonchev–Trinajstić information content (AvgIpc) is 3.54. The van der Waals surface area contributed by atoms with Gasteiger partial charge in [0.2, 0.25) is 5.91 Å². The molecule has 1 fully saturated rings. The van der Waals surface area contributed by atoms with Crippen LogP contribution in [0.1, 0.15) is 56.1 Å². The first kappa shape index (κ1) is 24.2. The van der Waals surface area contributed by atoms with Gasteiger partial charge in [-0.1, -0.05) is 38.8 Å². The fraction of sp³-hybridized carbons (Fsp3) is 0.448. The van der Waals surface area contributed by atoms with Crippen molar-refractivity contribution in [3.63, 3.8) is 0 Å². The molecule has 0 saturated heterocycles. The van der Waals surface area contributed by atoms with Crippen molar-refractivity contribution in [3.8, 4) is 17.2 Å². The van der Waals surface area contributed by atoms with Crippen molar-refractivity contribution >= 4 is 11.8 Å². The lowest BCUT2D eigenvalue weighted by Crippen LogP contribution is -2.65. The maximum absolute atomic E-state index is 14.1. The molecule has 1 aromatic carbocycles. The Labute approximate surface area is 212 Å². The fourth-order valence-corrected chi connectivity index (χ4v) is 5.72. The number of fused-ring (bicyclic) bond motifs is 1. The first-order valence-corrected chi connectivity index (χ1v) is 12.8. The van der Waals surface area contributed by atoms with Gasteiger partial charge in [-0.25, -0.2) is 0 Å². The molecular formula is C29H35N3O4. The number of benzene rings is 1. The number of nitrogens with one attached hydrogen (secondary N) is 1. The van der Waals surface area contributed by atoms with Gasteiger partial charge >= 0.3 is 0 Å². The molecule has 7 nitrogen and oxygen atoms in total. The van der Waals surface area contributed by atoms with E-state index >= 15 is 0 Å². The summed E-state index contributed by atoms with van der Waals surface area (Å²) in [6.07, 6.45) is 4.87. The van der Waals surface area contributed by atoms with E-state index in [0.717, 1.165) is 29.8 Å². The normalized spacial score (nSPS) is 25.9. The minimum Gasteiger partial charge on any atom is -0.497 e. The van der Waals surface area contributed by atoms with Gasteiger partial charge < -0.3 is 23.9 Å². The van der Waals surface area contributed by atoms with Gasteiger partial charge in [0.25, 0.3) is 5.91 Å². The monoisotopic (exact) mass is 489 g/mol. The van der Waals surface area contributed by atoms with Crippen LogP contribution in [0.15, 0.2) is 59.2 Å².